The molecule has 1 saturated heterocycles. The second kappa shape index (κ2) is 7.50. The first-order valence-corrected chi connectivity index (χ1v) is 11.5. The molecule has 27 heavy (non-hydrogen) atoms. The fourth-order valence-corrected chi connectivity index (χ4v) is 5.64. The van der Waals surface area contributed by atoms with Crippen molar-refractivity contribution in [1.82, 2.24) is 19.8 Å². The fraction of sp³-hybridized carbons (Fsp3) is 0.312. The maximum absolute atomic E-state index is 12.4. The van der Waals surface area contributed by atoms with Gasteiger partial charge in [0.2, 0.25) is 15.9 Å². The first-order valence-electron chi connectivity index (χ1n) is 8.27. The molecule has 8 nitrogen and oxygen atoms in total. The molecule has 1 aliphatic rings. The summed E-state index contributed by atoms with van der Waals surface area (Å²) in [4.78, 5) is 14.9. The van der Waals surface area contributed by atoms with Crippen molar-refractivity contribution in [3.8, 4) is 11.5 Å². The highest BCUT2D eigenvalue weighted by atomic mass is 32.2. The molecule has 0 radical (unpaired) electrons. The summed E-state index contributed by atoms with van der Waals surface area (Å²) in [5.74, 6) is -0.223. The van der Waals surface area contributed by atoms with E-state index in [-0.39, 0.29) is 28.4 Å². The van der Waals surface area contributed by atoms with E-state index in [0.717, 1.165) is 29.1 Å². The van der Waals surface area contributed by atoms with Crippen LogP contribution in [0.5, 0.6) is 0 Å². The van der Waals surface area contributed by atoms with Crippen LogP contribution in [0.25, 0.3) is 11.5 Å². The molecule has 142 valence electrons. The summed E-state index contributed by atoms with van der Waals surface area (Å²) in [6, 6.07) is 5.21. The Morgan fingerprint density at radius 1 is 1.26 bits per heavy atom. The smallest absolute Gasteiger partial charge is 0.311 e. The molecule has 0 unspecified atom stereocenters. The zero-order chi connectivity index (χ0) is 18.9. The molecule has 0 aliphatic carbocycles. The fourth-order valence-electron chi connectivity index (χ4n) is 2.70. The molecule has 1 amide bonds. The molecule has 0 bridgehead atoms. The Hall–Kier alpha value is -2.08. The summed E-state index contributed by atoms with van der Waals surface area (Å²) < 4.78 is 33.1. The quantitative estimate of drug-likeness (QED) is 0.652. The van der Waals surface area contributed by atoms with E-state index >= 15 is 0 Å². The minimum absolute atomic E-state index is 0.0710. The van der Waals surface area contributed by atoms with Crippen molar-refractivity contribution in [3.63, 3.8) is 0 Å². The van der Waals surface area contributed by atoms with Gasteiger partial charge in [0.05, 0.1) is 5.56 Å². The standard InChI is InChI=1S/C16H16N4O4S3/c21-16(20-5-1-2-6-20)15-19-18-14(24-15)11-8-13(26-10-11)27(22,23)17-9-12-4-3-7-25-12/h3-4,7-8,10,17H,1-2,5-6,9H2. The molecule has 0 atom stereocenters. The van der Waals surface area contributed by atoms with E-state index in [1.165, 1.54) is 17.4 Å². The molecule has 4 rings (SSSR count). The van der Waals surface area contributed by atoms with Crippen LogP contribution in [0.4, 0.5) is 0 Å². The van der Waals surface area contributed by atoms with Crippen molar-refractivity contribution in [2.24, 2.45) is 0 Å². The highest BCUT2D eigenvalue weighted by Gasteiger charge is 2.25. The monoisotopic (exact) mass is 424 g/mol. The number of nitrogens with one attached hydrogen (secondary N) is 1. The van der Waals surface area contributed by atoms with Gasteiger partial charge in [-0.1, -0.05) is 6.07 Å². The zero-order valence-corrected chi connectivity index (χ0v) is 16.6. The second-order valence-corrected chi connectivity index (χ2v) is 9.91. The van der Waals surface area contributed by atoms with E-state index in [9.17, 15) is 13.2 Å². The summed E-state index contributed by atoms with van der Waals surface area (Å²) in [7, 11) is -3.64. The lowest BCUT2D eigenvalue weighted by Gasteiger charge is -2.11. The van der Waals surface area contributed by atoms with Gasteiger partial charge in [0.15, 0.2) is 0 Å². The molecule has 1 N–H and O–H groups in total. The normalized spacial score (nSPS) is 14.7. The number of sulfonamides is 1. The third kappa shape index (κ3) is 3.95. The predicted molar refractivity (Wildman–Crippen MR) is 101 cm³/mol. The van der Waals surface area contributed by atoms with Crippen LogP contribution in [0.15, 0.2) is 37.6 Å². The maximum atomic E-state index is 12.4. The third-order valence-corrected chi connectivity index (χ3v) is 7.82. The van der Waals surface area contributed by atoms with Gasteiger partial charge in [-0.3, -0.25) is 4.79 Å². The Morgan fingerprint density at radius 2 is 2.07 bits per heavy atom. The SMILES string of the molecule is O=C(c1nnc(-c2csc(S(=O)(=O)NCc3cccs3)c2)o1)N1CCCC1. The number of hydrogen-bond acceptors (Lipinski definition) is 8. The van der Waals surface area contributed by atoms with Gasteiger partial charge in [-0.25, -0.2) is 13.1 Å². The highest BCUT2D eigenvalue weighted by Crippen LogP contribution is 2.28. The number of hydrogen-bond donors (Lipinski definition) is 1. The third-order valence-electron chi connectivity index (χ3n) is 4.10. The van der Waals surface area contributed by atoms with Crippen LogP contribution in [-0.2, 0) is 16.6 Å². The van der Waals surface area contributed by atoms with Crippen LogP contribution in [-0.4, -0.2) is 42.5 Å². The molecule has 11 heteroatoms. The summed E-state index contributed by atoms with van der Waals surface area (Å²) in [5.41, 5.74) is 0.476. The summed E-state index contributed by atoms with van der Waals surface area (Å²) in [6.45, 7) is 1.61. The number of thiophene rings is 2. The molecule has 0 spiro atoms. The Balaban J connectivity index is 1.48. The average molecular weight is 425 g/mol. The van der Waals surface area contributed by atoms with Crippen molar-refractivity contribution in [2.75, 3.05) is 13.1 Å². The first-order chi connectivity index (χ1) is 13.0. The molecular weight excluding hydrogens is 408 g/mol. The van der Waals surface area contributed by atoms with E-state index in [1.54, 1.807) is 10.3 Å². The minimum atomic E-state index is -3.64. The highest BCUT2D eigenvalue weighted by molar-refractivity contribution is 7.91. The van der Waals surface area contributed by atoms with Crippen LogP contribution >= 0.6 is 22.7 Å². The van der Waals surface area contributed by atoms with E-state index in [0.29, 0.717) is 18.7 Å². The largest absolute Gasteiger partial charge is 0.412 e. The van der Waals surface area contributed by atoms with Gasteiger partial charge in [0, 0.05) is 29.9 Å². The lowest BCUT2D eigenvalue weighted by Crippen LogP contribution is -2.27. The lowest BCUT2D eigenvalue weighted by molar-refractivity contribution is 0.0754. The van der Waals surface area contributed by atoms with E-state index in [1.807, 2.05) is 17.5 Å². The van der Waals surface area contributed by atoms with Crippen molar-refractivity contribution in [3.05, 3.63) is 39.7 Å². The number of carbonyl (C=O) groups is 1. The van der Waals surface area contributed by atoms with E-state index in [2.05, 4.69) is 14.9 Å². The van der Waals surface area contributed by atoms with Crippen molar-refractivity contribution >= 4 is 38.6 Å². The summed E-state index contributed by atoms with van der Waals surface area (Å²) in [6.07, 6.45) is 1.94. The van der Waals surface area contributed by atoms with Gasteiger partial charge in [-0.15, -0.1) is 32.9 Å². The molecule has 1 fully saturated rings. The van der Waals surface area contributed by atoms with Crippen LogP contribution in [0.2, 0.25) is 0 Å². The van der Waals surface area contributed by atoms with Gasteiger partial charge in [-0.2, -0.15) is 0 Å². The Bertz CT molecular complexity index is 1030. The number of carbonyl (C=O) groups excluding carboxylic acids is 1. The molecule has 0 saturated carbocycles. The lowest BCUT2D eigenvalue weighted by atomic mass is 10.3. The summed E-state index contributed by atoms with van der Waals surface area (Å²) >= 11 is 2.55. The van der Waals surface area contributed by atoms with Crippen LogP contribution in [0.1, 0.15) is 28.4 Å². The van der Waals surface area contributed by atoms with Crippen LogP contribution < -0.4 is 4.72 Å². The van der Waals surface area contributed by atoms with Crippen molar-refractivity contribution in [2.45, 2.75) is 23.6 Å². The van der Waals surface area contributed by atoms with Crippen molar-refractivity contribution in [1.29, 1.82) is 0 Å². The van der Waals surface area contributed by atoms with Gasteiger partial charge < -0.3 is 9.32 Å². The molecule has 3 aromatic rings. The average Bonchev–Trinajstić information content (AvgIpc) is 3.46. The molecule has 4 heterocycles. The minimum Gasteiger partial charge on any atom is -0.412 e. The van der Waals surface area contributed by atoms with E-state index < -0.39 is 10.0 Å². The molecule has 0 aromatic carbocycles. The first kappa shape index (κ1) is 18.3. The molecule has 1 aliphatic heterocycles. The predicted octanol–water partition coefficient (Wildman–Crippen LogP) is 2.57. The van der Waals surface area contributed by atoms with Crippen LogP contribution in [0.3, 0.4) is 0 Å². The van der Waals surface area contributed by atoms with Gasteiger partial charge in [-0.05, 0) is 30.4 Å². The van der Waals surface area contributed by atoms with Gasteiger partial charge in [0.25, 0.3) is 0 Å². The Labute approximate surface area is 163 Å². The molecule has 3 aromatic heterocycles. The molecular formula is C16H16N4O4S3. The topological polar surface area (TPSA) is 105 Å². The van der Waals surface area contributed by atoms with E-state index in [4.69, 9.17) is 4.42 Å². The maximum Gasteiger partial charge on any atom is 0.311 e. The van der Waals surface area contributed by atoms with Gasteiger partial charge in [0.1, 0.15) is 4.21 Å². The number of likely N-dealkylation sites (tertiary alicyclic amines) is 1. The van der Waals surface area contributed by atoms with Crippen LogP contribution in [0, 0.1) is 0 Å². The second-order valence-electron chi connectivity index (χ2n) is 5.97. The Kier molecular flexibility index (Phi) is 5.08. The number of nitrogens with zero attached hydrogens (tertiary/aromatic N) is 3. The number of amides is 1. The van der Waals surface area contributed by atoms with Crippen molar-refractivity contribution < 1.29 is 17.6 Å². The number of aromatic nitrogens is 2. The number of rotatable bonds is 6. The summed E-state index contributed by atoms with van der Waals surface area (Å²) in [5, 5.41) is 11.2. The Morgan fingerprint density at radius 3 is 2.81 bits per heavy atom. The van der Waals surface area contributed by atoms with Gasteiger partial charge >= 0.3 is 11.8 Å². The zero-order valence-electron chi connectivity index (χ0n) is 14.1.